The van der Waals surface area contributed by atoms with Crippen molar-refractivity contribution in [2.24, 2.45) is 0 Å². The zero-order valence-corrected chi connectivity index (χ0v) is 20.3. The second-order valence-electron chi connectivity index (χ2n) is 7.96. The molecule has 0 rings (SSSR count). The van der Waals surface area contributed by atoms with Crippen molar-refractivity contribution in [1.82, 2.24) is 4.90 Å². The molecule has 1 amide bonds. The molecule has 0 heterocycles. The molecule has 0 saturated carbocycles. The van der Waals surface area contributed by atoms with Crippen molar-refractivity contribution in [2.75, 3.05) is 4.62 Å². The van der Waals surface area contributed by atoms with Crippen molar-refractivity contribution in [2.45, 2.75) is 112 Å². The van der Waals surface area contributed by atoms with Crippen LogP contribution in [0.2, 0.25) is 13.3 Å². The van der Waals surface area contributed by atoms with E-state index in [2.05, 4.69) is 48.5 Å². The number of ether oxygens (including phenoxy) is 1. The summed E-state index contributed by atoms with van der Waals surface area (Å²) < 4.78 is 10.9. The minimum atomic E-state index is -2.37. The Kier molecular flexibility index (Phi) is 13.3. The minimum absolute atomic E-state index is 0.0921. The second-order valence-corrected chi connectivity index (χ2v) is 21.6. The van der Waals surface area contributed by atoms with Crippen molar-refractivity contribution < 1.29 is 9.53 Å². The molecule has 0 aliphatic carbocycles. The number of amides is 1. The van der Waals surface area contributed by atoms with Crippen LogP contribution in [0.15, 0.2) is 0 Å². The first-order chi connectivity index (χ1) is 11.3. The van der Waals surface area contributed by atoms with Gasteiger partial charge in [-0.05, 0) is 0 Å². The Morgan fingerprint density at radius 1 is 0.833 bits per heavy atom. The Balaban J connectivity index is 5.01. The number of carbonyl (C=O) groups is 1. The van der Waals surface area contributed by atoms with E-state index in [-0.39, 0.29) is 18.2 Å². The first-order valence-corrected chi connectivity index (χ1v) is 18.4. The molecular formula is C20H43NO2Sn. The zero-order valence-electron chi connectivity index (χ0n) is 17.5. The third kappa shape index (κ3) is 8.96. The van der Waals surface area contributed by atoms with Gasteiger partial charge in [0.2, 0.25) is 0 Å². The summed E-state index contributed by atoms with van der Waals surface area (Å²) in [5.74, 6) is 0. The van der Waals surface area contributed by atoms with Crippen LogP contribution in [-0.4, -0.2) is 46.1 Å². The van der Waals surface area contributed by atoms with E-state index in [9.17, 15) is 4.79 Å². The molecule has 4 heteroatoms. The van der Waals surface area contributed by atoms with Gasteiger partial charge in [-0.2, -0.15) is 0 Å². The number of hydrogen-bond acceptors (Lipinski definition) is 2. The van der Waals surface area contributed by atoms with Crippen LogP contribution >= 0.6 is 0 Å². The van der Waals surface area contributed by atoms with Gasteiger partial charge in [0.1, 0.15) is 0 Å². The number of hydrogen-bond donors (Lipinski definition) is 0. The van der Waals surface area contributed by atoms with Crippen LogP contribution in [-0.2, 0) is 4.74 Å². The second kappa shape index (κ2) is 13.3. The van der Waals surface area contributed by atoms with Gasteiger partial charge < -0.3 is 0 Å². The molecule has 0 aromatic rings. The number of rotatable bonds is 13. The fourth-order valence-corrected chi connectivity index (χ4v) is 17.6. The van der Waals surface area contributed by atoms with Crippen LogP contribution in [0.25, 0.3) is 0 Å². The SMILES string of the molecule is CCC[CH2][Sn]([CH2]CCC)([CH2]CCC)[CH2]OC(=O)N(C(C)C)C(C)C. The van der Waals surface area contributed by atoms with Gasteiger partial charge >= 0.3 is 156 Å². The third-order valence-corrected chi connectivity index (χ3v) is 19.3. The molecular weight excluding hydrogens is 405 g/mol. The van der Waals surface area contributed by atoms with Crippen LogP contribution in [0.3, 0.4) is 0 Å². The molecule has 0 fully saturated rings. The van der Waals surface area contributed by atoms with E-state index in [1.165, 1.54) is 51.8 Å². The molecule has 0 bridgehead atoms. The summed E-state index contributed by atoms with van der Waals surface area (Å²) in [6.45, 7) is 15.1. The summed E-state index contributed by atoms with van der Waals surface area (Å²) in [6, 6.07) is 0.396. The number of nitrogens with zero attached hydrogens (tertiary/aromatic N) is 1. The van der Waals surface area contributed by atoms with Crippen molar-refractivity contribution in [3.05, 3.63) is 0 Å². The van der Waals surface area contributed by atoms with E-state index >= 15 is 0 Å². The number of carbonyl (C=O) groups excluding carboxylic acids is 1. The predicted molar refractivity (Wildman–Crippen MR) is 108 cm³/mol. The maximum absolute atomic E-state index is 12.6. The molecule has 144 valence electrons. The van der Waals surface area contributed by atoms with E-state index in [0.29, 0.717) is 0 Å². The summed E-state index contributed by atoms with van der Waals surface area (Å²) in [5, 5.41) is 0. The standard InChI is InChI=1S/C8H16NO2.3C4H9.Sn/c1-6(2)9(7(3)4)8(10)11-5;3*1-3-4-2;/h6-7H,5H2,1-4H3;3*1,3-4H2,2H3;. The molecule has 0 saturated heterocycles. The van der Waals surface area contributed by atoms with E-state index in [1.807, 2.05) is 4.90 Å². The molecule has 0 radical (unpaired) electrons. The molecule has 0 unspecified atom stereocenters. The Bertz CT molecular complexity index is 302. The van der Waals surface area contributed by atoms with Gasteiger partial charge in [0.15, 0.2) is 0 Å². The van der Waals surface area contributed by atoms with E-state index in [0.717, 1.165) is 4.62 Å². The Morgan fingerprint density at radius 2 is 1.21 bits per heavy atom. The molecule has 0 aromatic carbocycles. The van der Waals surface area contributed by atoms with Gasteiger partial charge in [-0.15, -0.1) is 0 Å². The van der Waals surface area contributed by atoms with Crippen LogP contribution in [0, 0.1) is 0 Å². The van der Waals surface area contributed by atoms with Crippen molar-refractivity contribution in [3.8, 4) is 0 Å². The zero-order chi connectivity index (χ0) is 18.6. The normalized spacial score (nSPS) is 12.0. The summed E-state index contributed by atoms with van der Waals surface area (Å²) in [5.41, 5.74) is 0. The predicted octanol–water partition coefficient (Wildman–Crippen LogP) is 6.63. The monoisotopic (exact) mass is 449 g/mol. The van der Waals surface area contributed by atoms with Gasteiger partial charge in [-0.25, -0.2) is 0 Å². The van der Waals surface area contributed by atoms with Crippen molar-refractivity contribution in [1.29, 1.82) is 0 Å². The third-order valence-electron chi connectivity index (χ3n) is 5.01. The molecule has 0 spiro atoms. The summed E-state index contributed by atoms with van der Waals surface area (Å²) in [6.07, 6.45) is 7.64. The van der Waals surface area contributed by atoms with Crippen LogP contribution < -0.4 is 0 Å². The van der Waals surface area contributed by atoms with E-state index in [1.54, 1.807) is 0 Å². The van der Waals surface area contributed by atoms with Crippen molar-refractivity contribution in [3.63, 3.8) is 0 Å². The molecule has 0 aliphatic rings. The first-order valence-electron chi connectivity index (χ1n) is 10.3. The average molecular weight is 448 g/mol. The Labute approximate surface area is 155 Å². The van der Waals surface area contributed by atoms with Gasteiger partial charge in [-0.3, -0.25) is 0 Å². The van der Waals surface area contributed by atoms with Gasteiger partial charge in [0, 0.05) is 0 Å². The fourth-order valence-electron chi connectivity index (χ4n) is 3.55. The average Bonchev–Trinajstić information content (AvgIpc) is 2.53. The molecule has 0 N–H and O–H groups in total. The van der Waals surface area contributed by atoms with Crippen LogP contribution in [0.4, 0.5) is 4.79 Å². The summed E-state index contributed by atoms with van der Waals surface area (Å²) >= 11 is -2.37. The fraction of sp³-hybridized carbons (Fsp3) is 0.950. The topological polar surface area (TPSA) is 29.5 Å². The Morgan fingerprint density at radius 3 is 1.50 bits per heavy atom. The number of unbranched alkanes of at least 4 members (excludes halogenated alkanes) is 3. The van der Waals surface area contributed by atoms with Gasteiger partial charge in [0.05, 0.1) is 0 Å². The van der Waals surface area contributed by atoms with E-state index in [4.69, 9.17) is 4.74 Å². The molecule has 3 nitrogen and oxygen atoms in total. The summed E-state index contributed by atoms with van der Waals surface area (Å²) in [4.78, 5) is 14.5. The van der Waals surface area contributed by atoms with Gasteiger partial charge in [-0.1, -0.05) is 0 Å². The summed E-state index contributed by atoms with van der Waals surface area (Å²) in [7, 11) is 0. The Hall–Kier alpha value is 0.0687. The maximum atomic E-state index is 12.6. The quantitative estimate of drug-likeness (QED) is 0.296. The van der Waals surface area contributed by atoms with Gasteiger partial charge in [0.25, 0.3) is 0 Å². The van der Waals surface area contributed by atoms with E-state index < -0.39 is 18.4 Å². The molecule has 0 aromatic heterocycles. The van der Waals surface area contributed by atoms with Crippen LogP contribution in [0.1, 0.15) is 87.0 Å². The van der Waals surface area contributed by atoms with Crippen molar-refractivity contribution >= 4 is 24.5 Å². The molecule has 0 atom stereocenters. The molecule has 24 heavy (non-hydrogen) atoms. The van der Waals surface area contributed by atoms with Crippen LogP contribution in [0.5, 0.6) is 0 Å². The molecule has 0 aliphatic heterocycles. The first kappa shape index (κ1) is 24.1.